The van der Waals surface area contributed by atoms with Gasteiger partial charge < -0.3 is 10.1 Å². The highest BCUT2D eigenvalue weighted by Gasteiger charge is 2.02. The second kappa shape index (κ2) is 6.52. The number of aryl methyl sites for hydroxylation is 1. The highest BCUT2D eigenvalue weighted by atomic mass is 32.1. The topological polar surface area (TPSA) is 34.2 Å². The molecule has 2 rings (SSSR count). The molecule has 0 aliphatic heterocycles. The Bertz CT molecular complexity index is 479. The summed E-state index contributed by atoms with van der Waals surface area (Å²) >= 11 is 1.67. The summed E-state index contributed by atoms with van der Waals surface area (Å²) in [5, 5.41) is 6.43. The van der Waals surface area contributed by atoms with Gasteiger partial charge in [0.15, 0.2) is 0 Å². The van der Waals surface area contributed by atoms with Gasteiger partial charge in [-0.15, -0.1) is 11.3 Å². The minimum atomic E-state index is 0.533. The van der Waals surface area contributed by atoms with Crippen molar-refractivity contribution in [3.8, 4) is 5.75 Å². The molecule has 0 aliphatic carbocycles. The Morgan fingerprint density at radius 3 is 2.78 bits per heavy atom. The van der Waals surface area contributed by atoms with Crippen LogP contribution in [0.3, 0.4) is 0 Å². The molecule has 0 bridgehead atoms. The van der Waals surface area contributed by atoms with Crippen molar-refractivity contribution in [3.63, 3.8) is 0 Å². The zero-order valence-corrected chi connectivity index (χ0v) is 11.6. The summed E-state index contributed by atoms with van der Waals surface area (Å²) in [5.74, 6) is 0.891. The number of hydrogen-bond acceptors (Lipinski definition) is 4. The molecular weight excluding hydrogens is 244 g/mol. The molecule has 4 heteroatoms. The lowest BCUT2D eigenvalue weighted by Gasteiger charge is -2.04. The van der Waals surface area contributed by atoms with E-state index in [4.69, 9.17) is 4.74 Å². The van der Waals surface area contributed by atoms with Crippen LogP contribution >= 0.6 is 11.3 Å². The molecule has 0 saturated carbocycles. The van der Waals surface area contributed by atoms with E-state index in [1.54, 1.807) is 11.3 Å². The molecule has 0 radical (unpaired) electrons. The van der Waals surface area contributed by atoms with Crippen LogP contribution in [0, 0.1) is 6.92 Å². The average molecular weight is 262 g/mol. The summed E-state index contributed by atoms with van der Waals surface area (Å²) in [6.07, 6.45) is 0. The van der Waals surface area contributed by atoms with Gasteiger partial charge >= 0.3 is 0 Å². The summed E-state index contributed by atoms with van der Waals surface area (Å²) in [6, 6.07) is 8.07. The van der Waals surface area contributed by atoms with E-state index in [-0.39, 0.29) is 0 Å². The molecule has 3 nitrogen and oxygen atoms in total. The first-order valence-corrected chi connectivity index (χ1v) is 6.99. The number of aromatic nitrogens is 1. The zero-order valence-electron chi connectivity index (χ0n) is 10.8. The van der Waals surface area contributed by atoms with E-state index in [9.17, 15) is 0 Å². The molecule has 1 aromatic heterocycles. The standard InChI is InChI=1S/C14H18N2OS/c1-3-15-8-14-16-12(10-18-14)9-17-13-6-4-11(2)5-7-13/h4-7,10,15H,3,8-9H2,1-2H3. The van der Waals surface area contributed by atoms with Crippen molar-refractivity contribution >= 4 is 11.3 Å². The summed E-state index contributed by atoms with van der Waals surface area (Å²) in [6.45, 7) is 6.50. The molecule has 0 unspecified atom stereocenters. The molecular formula is C14H18N2OS. The fourth-order valence-electron chi connectivity index (χ4n) is 1.52. The van der Waals surface area contributed by atoms with Crippen molar-refractivity contribution in [2.45, 2.75) is 27.0 Å². The van der Waals surface area contributed by atoms with Gasteiger partial charge in [-0.05, 0) is 25.6 Å². The van der Waals surface area contributed by atoms with Gasteiger partial charge in [-0.3, -0.25) is 0 Å². The third-order valence-electron chi connectivity index (χ3n) is 2.53. The Kier molecular flexibility index (Phi) is 4.73. The molecule has 96 valence electrons. The molecule has 1 aromatic carbocycles. The van der Waals surface area contributed by atoms with Gasteiger partial charge in [0, 0.05) is 11.9 Å². The fourth-order valence-corrected chi connectivity index (χ4v) is 2.27. The van der Waals surface area contributed by atoms with Crippen molar-refractivity contribution in [2.75, 3.05) is 6.54 Å². The first-order chi connectivity index (χ1) is 8.78. The number of nitrogens with one attached hydrogen (secondary N) is 1. The predicted octanol–water partition coefficient (Wildman–Crippen LogP) is 3.14. The second-order valence-electron chi connectivity index (χ2n) is 4.11. The third kappa shape index (κ3) is 3.82. The summed E-state index contributed by atoms with van der Waals surface area (Å²) in [4.78, 5) is 4.51. The zero-order chi connectivity index (χ0) is 12.8. The van der Waals surface area contributed by atoms with Crippen molar-refractivity contribution in [2.24, 2.45) is 0 Å². The highest BCUT2D eigenvalue weighted by Crippen LogP contribution is 2.15. The van der Waals surface area contributed by atoms with E-state index in [0.717, 1.165) is 29.5 Å². The normalized spacial score (nSPS) is 10.6. The maximum Gasteiger partial charge on any atom is 0.131 e. The van der Waals surface area contributed by atoms with E-state index in [2.05, 4.69) is 29.5 Å². The molecule has 2 aromatic rings. The lowest BCUT2D eigenvalue weighted by molar-refractivity contribution is 0.302. The maximum absolute atomic E-state index is 5.69. The molecule has 18 heavy (non-hydrogen) atoms. The van der Waals surface area contributed by atoms with Crippen LogP contribution in [-0.2, 0) is 13.2 Å². The summed E-state index contributed by atoms with van der Waals surface area (Å²) in [7, 11) is 0. The van der Waals surface area contributed by atoms with Crippen LogP contribution in [0.25, 0.3) is 0 Å². The Morgan fingerprint density at radius 1 is 1.28 bits per heavy atom. The van der Waals surface area contributed by atoms with Gasteiger partial charge in [-0.25, -0.2) is 4.98 Å². The SMILES string of the molecule is CCNCc1nc(COc2ccc(C)cc2)cs1. The third-order valence-corrected chi connectivity index (χ3v) is 3.43. The van der Waals surface area contributed by atoms with E-state index < -0.39 is 0 Å². The fraction of sp³-hybridized carbons (Fsp3) is 0.357. The minimum Gasteiger partial charge on any atom is -0.487 e. The predicted molar refractivity (Wildman–Crippen MR) is 75.0 cm³/mol. The first kappa shape index (κ1) is 13.1. The number of thiazole rings is 1. The van der Waals surface area contributed by atoms with E-state index in [0.29, 0.717) is 6.61 Å². The maximum atomic E-state index is 5.69. The van der Waals surface area contributed by atoms with Gasteiger partial charge in [-0.1, -0.05) is 24.6 Å². The van der Waals surface area contributed by atoms with Crippen LogP contribution in [-0.4, -0.2) is 11.5 Å². The van der Waals surface area contributed by atoms with Gasteiger partial charge in [0.1, 0.15) is 17.4 Å². The largest absolute Gasteiger partial charge is 0.487 e. The number of rotatable bonds is 6. The van der Waals surface area contributed by atoms with Crippen molar-refractivity contribution < 1.29 is 4.74 Å². The molecule has 0 spiro atoms. The van der Waals surface area contributed by atoms with Crippen molar-refractivity contribution in [1.29, 1.82) is 0 Å². The Morgan fingerprint density at radius 2 is 2.06 bits per heavy atom. The van der Waals surface area contributed by atoms with Crippen molar-refractivity contribution in [3.05, 3.63) is 45.9 Å². The van der Waals surface area contributed by atoms with Crippen LogP contribution in [0.15, 0.2) is 29.6 Å². The molecule has 1 heterocycles. The second-order valence-corrected chi connectivity index (χ2v) is 5.06. The van der Waals surface area contributed by atoms with Crippen LogP contribution in [0.2, 0.25) is 0 Å². The number of benzene rings is 1. The first-order valence-electron chi connectivity index (χ1n) is 6.11. The lowest BCUT2D eigenvalue weighted by Crippen LogP contribution is -2.11. The minimum absolute atomic E-state index is 0.533. The van der Waals surface area contributed by atoms with E-state index in [1.165, 1.54) is 5.56 Å². The highest BCUT2D eigenvalue weighted by molar-refractivity contribution is 7.09. The van der Waals surface area contributed by atoms with Gasteiger partial charge in [0.05, 0.1) is 5.69 Å². The quantitative estimate of drug-likeness (QED) is 0.868. The van der Waals surface area contributed by atoms with E-state index in [1.807, 2.05) is 24.3 Å². The molecule has 0 aliphatic rings. The molecule has 0 atom stereocenters. The Hall–Kier alpha value is -1.39. The van der Waals surface area contributed by atoms with Gasteiger partial charge in [-0.2, -0.15) is 0 Å². The average Bonchev–Trinajstić information content (AvgIpc) is 2.84. The lowest BCUT2D eigenvalue weighted by atomic mass is 10.2. The van der Waals surface area contributed by atoms with Crippen LogP contribution < -0.4 is 10.1 Å². The van der Waals surface area contributed by atoms with Crippen LogP contribution in [0.4, 0.5) is 0 Å². The Labute approximate surface area is 112 Å². The smallest absolute Gasteiger partial charge is 0.131 e. The monoisotopic (exact) mass is 262 g/mol. The van der Waals surface area contributed by atoms with E-state index >= 15 is 0 Å². The summed E-state index contributed by atoms with van der Waals surface area (Å²) < 4.78 is 5.69. The number of hydrogen-bond donors (Lipinski definition) is 1. The van der Waals surface area contributed by atoms with Gasteiger partial charge in [0.2, 0.25) is 0 Å². The molecule has 0 amide bonds. The van der Waals surface area contributed by atoms with Gasteiger partial charge in [0.25, 0.3) is 0 Å². The molecule has 0 fully saturated rings. The summed E-state index contributed by atoms with van der Waals surface area (Å²) in [5.41, 5.74) is 2.23. The molecule has 1 N–H and O–H groups in total. The van der Waals surface area contributed by atoms with Crippen LogP contribution in [0.1, 0.15) is 23.2 Å². The Balaban J connectivity index is 1.86. The number of ether oxygens (including phenoxy) is 1. The molecule has 0 saturated heterocycles. The van der Waals surface area contributed by atoms with Crippen molar-refractivity contribution in [1.82, 2.24) is 10.3 Å². The van der Waals surface area contributed by atoms with Crippen LogP contribution in [0.5, 0.6) is 5.75 Å². The number of nitrogens with zero attached hydrogens (tertiary/aromatic N) is 1.